The van der Waals surface area contributed by atoms with E-state index in [1.807, 2.05) is 42.5 Å². The van der Waals surface area contributed by atoms with Crippen LogP contribution < -0.4 is 10.1 Å². The van der Waals surface area contributed by atoms with Crippen LogP contribution in [-0.2, 0) is 13.2 Å². The fraction of sp³-hybridized carbons (Fsp3) is 0.0769. The van der Waals surface area contributed by atoms with Crippen molar-refractivity contribution in [3.05, 3.63) is 113 Å². The molecule has 0 fully saturated rings. The SMILES string of the molecule is O=C(Nc1cnn(Cc2cccc3ccccc23)c1)c1ccc(COc2c(F)c(F)c(F)c(F)c2F)o1. The number of carbonyl (C=O) groups excluding carboxylic acids is 1. The molecule has 0 unspecified atom stereocenters. The molecule has 5 rings (SSSR count). The Morgan fingerprint density at radius 3 is 2.38 bits per heavy atom. The summed E-state index contributed by atoms with van der Waals surface area (Å²) in [4.78, 5) is 12.5. The zero-order valence-corrected chi connectivity index (χ0v) is 18.8. The van der Waals surface area contributed by atoms with Crippen LogP contribution in [0.1, 0.15) is 21.9 Å². The summed E-state index contributed by atoms with van der Waals surface area (Å²) >= 11 is 0. The number of amides is 1. The van der Waals surface area contributed by atoms with Crippen molar-refractivity contribution in [3.63, 3.8) is 0 Å². The largest absolute Gasteiger partial charge is 0.479 e. The van der Waals surface area contributed by atoms with Gasteiger partial charge in [0.1, 0.15) is 12.4 Å². The fourth-order valence-corrected chi connectivity index (χ4v) is 3.74. The van der Waals surface area contributed by atoms with Crippen LogP contribution in [0, 0.1) is 29.1 Å². The van der Waals surface area contributed by atoms with Crippen molar-refractivity contribution in [1.82, 2.24) is 9.78 Å². The maximum absolute atomic E-state index is 13.7. The average molecular weight is 513 g/mol. The van der Waals surface area contributed by atoms with Crippen molar-refractivity contribution in [2.75, 3.05) is 5.32 Å². The van der Waals surface area contributed by atoms with Crippen molar-refractivity contribution >= 4 is 22.4 Å². The zero-order valence-electron chi connectivity index (χ0n) is 18.8. The molecule has 11 heteroatoms. The highest BCUT2D eigenvalue weighted by molar-refractivity contribution is 6.02. The number of furan rings is 1. The molecule has 0 atom stereocenters. The molecule has 0 aliphatic carbocycles. The number of carbonyl (C=O) groups is 1. The molecular formula is C26H16F5N3O3. The lowest BCUT2D eigenvalue weighted by atomic mass is 10.0. The smallest absolute Gasteiger partial charge is 0.291 e. The molecule has 0 saturated heterocycles. The molecule has 5 aromatic rings. The molecule has 1 amide bonds. The van der Waals surface area contributed by atoms with Gasteiger partial charge in [-0.1, -0.05) is 42.5 Å². The standard InChI is InChI=1S/C26H16F5N3O3/c27-20-21(28)23(30)25(24(31)22(20)29)36-13-17-8-9-19(37-17)26(35)33-16-10-32-34(12-16)11-15-6-3-5-14-4-1-2-7-18(14)15/h1-10,12H,11,13H2,(H,33,35). The Hall–Kier alpha value is -4.67. The minimum Gasteiger partial charge on any atom is -0.479 e. The van der Waals surface area contributed by atoms with Gasteiger partial charge >= 0.3 is 0 Å². The number of anilines is 1. The highest BCUT2D eigenvalue weighted by Crippen LogP contribution is 2.30. The maximum Gasteiger partial charge on any atom is 0.291 e. The van der Waals surface area contributed by atoms with E-state index >= 15 is 0 Å². The number of nitrogens with one attached hydrogen (secondary N) is 1. The normalized spacial score (nSPS) is 11.2. The van der Waals surface area contributed by atoms with Crippen molar-refractivity contribution in [1.29, 1.82) is 0 Å². The van der Waals surface area contributed by atoms with Gasteiger partial charge in [-0.25, -0.2) is 13.2 Å². The minimum atomic E-state index is -2.29. The Morgan fingerprint density at radius 2 is 1.59 bits per heavy atom. The number of aromatic nitrogens is 2. The van der Waals surface area contributed by atoms with Crippen molar-refractivity contribution in [2.45, 2.75) is 13.2 Å². The lowest BCUT2D eigenvalue weighted by Crippen LogP contribution is -2.10. The van der Waals surface area contributed by atoms with Crippen LogP contribution in [0.15, 0.2) is 71.4 Å². The van der Waals surface area contributed by atoms with E-state index in [-0.39, 0.29) is 11.5 Å². The molecule has 0 aliphatic heterocycles. The molecule has 2 heterocycles. The van der Waals surface area contributed by atoms with Gasteiger partial charge in [0.15, 0.2) is 11.5 Å². The van der Waals surface area contributed by atoms with Gasteiger partial charge in [0, 0.05) is 6.20 Å². The molecule has 0 aliphatic rings. The van der Waals surface area contributed by atoms with Crippen LogP contribution in [0.25, 0.3) is 10.8 Å². The highest BCUT2D eigenvalue weighted by Gasteiger charge is 2.27. The molecule has 0 saturated carbocycles. The second kappa shape index (κ2) is 9.76. The molecular weight excluding hydrogens is 497 g/mol. The first kappa shape index (κ1) is 24.0. The number of hydrogen-bond acceptors (Lipinski definition) is 4. The van der Waals surface area contributed by atoms with Gasteiger partial charge in [0.25, 0.3) is 5.91 Å². The summed E-state index contributed by atoms with van der Waals surface area (Å²) in [6.07, 6.45) is 3.09. The van der Waals surface area contributed by atoms with Gasteiger partial charge in [0.2, 0.25) is 29.1 Å². The summed E-state index contributed by atoms with van der Waals surface area (Å²) in [6.45, 7) is -0.217. The highest BCUT2D eigenvalue weighted by atomic mass is 19.2. The minimum absolute atomic E-state index is 0.0826. The van der Waals surface area contributed by atoms with Gasteiger partial charge < -0.3 is 14.5 Å². The summed E-state index contributed by atoms with van der Waals surface area (Å²) in [7, 11) is 0. The number of nitrogens with zero attached hydrogens (tertiary/aromatic N) is 2. The van der Waals surface area contributed by atoms with E-state index in [0.717, 1.165) is 16.3 Å². The monoisotopic (exact) mass is 513 g/mol. The van der Waals surface area contributed by atoms with Gasteiger partial charge in [-0.2, -0.15) is 13.9 Å². The predicted molar refractivity (Wildman–Crippen MR) is 123 cm³/mol. The Bertz CT molecular complexity index is 1600. The van der Waals surface area contributed by atoms with E-state index in [2.05, 4.69) is 10.4 Å². The topological polar surface area (TPSA) is 69.3 Å². The Labute approximate surface area is 205 Å². The van der Waals surface area contributed by atoms with E-state index in [9.17, 15) is 26.7 Å². The number of benzene rings is 3. The van der Waals surface area contributed by atoms with Gasteiger partial charge in [-0.05, 0) is 28.5 Å². The molecule has 0 radical (unpaired) electrons. The van der Waals surface area contributed by atoms with Crippen LogP contribution in [0.2, 0.25) is 0 Å². The van der Waals surface area contributed by atoms with Gasteiger partial charge in [-0.3, -0.25) is 9.48 Å². The van der Waals surface area contributed by atoms with Crippen LogP contribution in [0.5, 0.6) is 5.75 Å². The number of hydrogen-bond donors (Lipinski definition) is 1. The zero-order chi connectivity index (χ0) is 26.1. The molecule has 0 bridgehead atoms. The third-order valence-corrected chi connectivity index (χ3v) is 5.52. The maximum atomic E-state index is 13.7. The van der Waals surface area contributed by atoms with Gasteiger partial charge in [-0.15, -0.1) is 0 Å². The third kappa shape index (κ3) is 4.75. The van der Waals surface area contributed by atoms with E-state index in [4.69, 9.17) is 9.15 Å². The summed E-state index contributed by atoms with van der Waals surface area (Å²) < 4.78 is 79.0. The van der Waals surface area contributed by atoms with Crippen molar-refractivity contribution in [2.24, 2.45) is 0 Å². The second-order valence-corrected chi connectivity index (χ2v) is 7.97. The first-order valence-electron chi connectivity index (χ1n) is 10.8. The first-order chi connectivity index (χ1) is 17.8. The summed E-state index contributed by atoms with van der Waals surface area (Å²) in [5.41, 5.74) is 1.43. The number of ether oxygens (including phenoxy) is 1. The fourth-order valence-electron chi connectivity index (χ4n) is 3.74. The molecule has 3 aromatic carbocycles. The van der Waals surface area contributed by atoms with E-state index in [1.54, 1.807) is 10.9 Å². The van der Waals surface area contributed by atoms with Crippen molar-refractivity contribution < 1.29 is 35.9 Å². The van der Waals surface area contributed by atoms with Crippen molar-refractivity contribution in [3.8, 4) is 5.75 Å². The number of rotatable bonds is 7. The predicted octanol–water partition coefficient (Wildman–Crippen LogP) is 6.20. The average Bonchev–Trinajstić information content (AvgIpc) is 3.56. The second-order valence-electron chi connectivity index (χ2n) is 7.97. The third-order valence-electron chi connectivity index (χ3n) is 5.52. The Balaban J connectivity index is 1.23. The molecule has 37 heavy (non-hydrogen) atoms. The summed E-state index contributed by atoms with van der Waals surface area (Å²) in [5.74, 6) is -13.1. The van der Waals surface area contributed by atoms with E-state index in [0.29, 0.717) is 12.2 Å². The lowest BCUT2D eigenvalue weighted by molar-refractivity contribution is 0.0992. The molecule has 6 nitrogen and oxygen atoms in total. The quantitative estimate of drug-likeness (QED) is 0.160. The molecule has 188 valence electrons. The number of halogens is 5. The van der Waals surface area contributed by atoms with Crippen LogP contribution >= 0.6 is 0 Å². The summed E-state index contributed by atoms with van der Waals surface area (Å²) in [6, 6.07) is 16.4. The Morgan fingerprint density at radius 1 is 0.892 bits per heavy atom. The number of fused-ring (bicyclic) bond motifs is 1. The van der Waals surface area contributed by atoms with Crippen LogP contribution in [-0.4, -0.2) is 15.7 Å². The summed E-state index contributed by atoms with van der Waals surface area (Å²) in [5, 5.41) is 9.05. The molecule has 1 N–H and O–H groups in total. The van der Waals surface area contributed by atoms with Gasteiger partial charge in [0.05, 0.1) is 18.4 Å². The lowest BCUT2D eigenvalue weighted by Gasteiger charge is -2.09. The van der Waals surface area contributed by atoms with Crippen LogP contribution in [0.4, 0.5) is 27.6 Å². The molecule has 2 aromatic heterocycles. The first-order valence-corrected chi connectivity index (χ1v) is 10.8. The van der Waals surface area contributed by atoms with E-state index < -0.39 is 47.3 Å². The molecule has 0 spiro atoms. The Kier molecular flexibility index (Phi) is 6.34. The van der Waals surface area contributed by atoms with Crippen LogP contribution in [0.3, 0.4) is 0 Å². The van der Waals surface area contributed by atoms with E-state index in [1.165, 1.54) is 18.3 Å².